The van der Waals surface area contributed by atoms with E-state index in [4.69, 9.17) is 0 Å². The lowest BCUT2D eigenvalue weighted by atomic mass is 10.1. The van der Waals surface area contributed by atoms with Gasteiger partial charge in [-0.15, -0.1) is 11.8 Å². The van der Waals surface area contributed by atoms with Gasteiger partial charge in [0.25, 0.3) is 0 Å². The van der Waals surface area contributed by atoms with E-state index in [-0.39, 0.29) is 5.78 Å². The van der Waals surface area contributed by atoms with Crippen LogP contribution in [0.3, 0.4) is 0 Å². The highest BCUT2D eigenvalue weighted by Gasteiger charge is 2.05. The van der Waals surface area contributed by atoms with Crippen LogP contribution in [0, 0.1) is 13.8 Å². The molecule has 0 N–H and O–H groups in total. The summed E-state index contributed by atoms with van der Waals surface area (Å²) >= 11 is 1.67. The first-order valence-electron chi connectivity index (χ1n) is 6.38. The van der Waals surface area contributed by atoms with Gasteiger partial charge in [0.15, 0.2) is 5.78 Å². The van der Waals surface area contributed by atoms with Crippen molar-refractivity contribution in [2.75, 3.05) is 5.75 Å². The Kier molecular flexibility index (Phi) is 4.80. The van der Waals surface area contributed by atoms with Gasteiger partial charge in [0, 0.05) is 11.3 Å². The zero-order chi connectivity index (χ0) is 13.7. The lowest BCUT2D eigenvalue weighted by Gasteiger charge is -2.03. The Morgan fingerprint density at radius 2 is 1.74 bits per heavy atom. The van der Waals surface area contributed by atoms with Crippen molar-refractivity contribution in [2.45, 2.75) is 19.6 Å². The van der Waals surface area contributed by atoms with Crippen LogP contribution in [-0.2, 0) is 5.75 Å². The van der Waals surface area contributed by atoms with Crippen LogP contribution in [0.15, 0.2) is 48.5 Å². The van der Waals surface area contributed by atoms with Gasteiger partial charge in [-0.25, -0.2) is 0 Å². The maximum atomic E-state index is 12.0. The fourth-order valence-electron chi connectivity index (χ4n) is 1.89. The number of Topliss-reactive ketones (excluding diaryl/α,β-unsaturated/α-hetero) is 1. The van der Waals surface area contributed by atoms with Crippen molar-refractivity contribution in [3.8, 4) is 0 Å². The van der Waals surface area contributed by atoms with Crippen molar-refractivity contribution in [1.29, 1.82) is 0 Å². The summed E-state index contributed by atoms with van der Waals surface area (Å²) in [6, 6.07) is 16.2. The maximum absolute atomic E-state index is 12.0. The second-order valence-electron chi connectivity index (χ2n) is 4.77. The molecule has 19 heavy (non-hydrogen) atoms. The number of thioether (sulfide) groups is 1. The molecule has 0 aliphatic rings. The summed E-state index contributed by atoms with van der Waals surface area (Å²) in [6.45, 7) is 4.12. The minimum Gasteiger partial charge on any atom is -0.293 e. The lowest BCUT2D eigenvalue weighted by molar-refractivity contribution is 0.102. The first-order valence-corrected chi connectivity index (χ1v) is 7.54. The summed E-state index contributed by atoms with van der Waals surface area (Å²) in [5, 5.41) is 0. The Morgan fingerprint density at radius 1 is 1.00 bits per heavy atom. The molecule has 0 aliphatic carbocycles. The summed E-state index contributed by atoms with van der Waals surface area (Å²) in [7, 11) is 0. The molecule has 0 spiro atoms. The van der Waals surface area contributed by atoms with Gasteiger partial charge < -0.3 is 0 Å². The predicted octanol–water partition coefficient (Wildman–Crippen LogP) is 4.42. The topological polar surface area (TPSA) is 17.1 Å². The summed E-state index contributed by atoms with van der Waals surface area (Å²) in [5.41, 5.74) is 4.54. The van der Waals surface area contributed by atoms with E-state index < -0.39 is 0 Å². The van der Waals surface area contributed by atoms with E-state index >= 15 is 0 Å². The molecule has 0 heterocycles. The largest absolute Gasteiger partial charge is 0.293 e. The number of aryl methyl sites for hydroxylation is 2. The average Bonchev–Trinajstić information content (AvgIpc) is 2.39. The van der Waals surface area contributed by atoms with Gasteiger partial charge in [0.2, 0.25) is 0 Å². The van der Waals surface area contributed by atoms with Gasteiger partial charge in [0.1, 0.15) is 0 Å². The van der Waals surface area contributed by atoms with Gasteiger partial charge in [0.05, 0.1) is 5.75 Å². The van der Waals surface area contributed by atoms with Gasteiger partial charge in [-0.2, -0.15) is 0 Å². The van der Waals surface area contributed by atoms with E-state index in [0.717, 1.165) is 11.3 Å². The smallest absolute Gasteiger partial charge is 0.172 e. The molecule has 0 aromatic heterocycles. The van der Waals surface area contributed by atoms with Crippen molar-refractivity contribution in [3.05, 3.63) is 70.8 Å². The molecule has 1 nitrogen and oxygen atoms in total. The molecular weight excluding hydrogens is 252 g/mol. The first kappa shape index (κ1) is 13.9. The number of ketones is 1. The maximum Gasteiger partial charge on any atom is 0.172 e. The van der Waals surface area contributed by atoms with Crippen molar-refractivity contribution < 1.29 is 4.79 Å². The Bertz CT molecular complexity index is 558. The van der Waals surface area contributed by atoms with E-state index in [1.165, 1.54) is 16.7 Å². The zero-order valence-electron chi connectivity index (χ0n) is 11.3. The highest BCUT2D eigenvalue weighted by atomic mass is 32.2. The normalized spacial score (nSPS) is 10.4. The van der Waals surface area contributed by atoms with Crippen LogP contribution in [0.25, 0.3) is 0 Å². The van der Waals surface area contributed by atoms with Crippen molar-refractivity contribution in [3.63, 3.8) is 0 Å². The lowest BCUT2D eigenvalue weighted by Crippen LogP contribution is -2.02. The van der Waals surface area contributed by atoms with Gasteiger partial charge in [-0.1, -0.05) is 59.7 Å². The number of carbonyl (C=O) groups is 1. The minimum absolute atomic E-state index is 0.206. The summed E-state index contributed by atoms with van der Waals surface area (Å²) < 4.78 is 0. The summed E-state index contributed by atoms with van der Waals surface area (Å²) in [6.07, 6.45) is 0. The molecule has 0 aliphatic heterocycles. The Hall–Kier alpha value is -1.54. The quantitative estimate of drug-likeness (QED) is 0.748. The van der Waals surface area contributed by atoms with Crippen molar-refractivity contribution >= 4 is 17.5 Å². The highest BCUT2D eigenvalue weighted by Crippen LogP contribution is 2.15. The molecule has 0 bridgehead atoms. The fraction of sp³-hybridized carbons (Fsp3) is 0.235. The van der Waals surface area contributed by atoms with Gasteiger partial charge >= 0.3 is 0 Å². The van der Waals surface area contributed by atoms with Crippen LogP contribution in [0.1, 0.15) is 27.0 Å². The molecule has 0 fully saturated rings. The Morgan fingerprint density at radius 3 is 2.42 bits per heavy atom. The average molecular weight is 270 g/mol. The van der Waals surface area contributed by atoms with E-state index in [9.17, 15) is 4.79 Å². The minimum atomic E-state index is 0.206. The molecule has 2 heteroatoms. The van der Waals surface area contributed by atoms with E-state index in [1.54, 1.807) is 11.8 Å². The van der Waals surface area contributed by atoms with Crippen molar-refractivity contribution in [1.82, 2.24) is 0 Å². The number of carbonyl (C=O) groups excluding carboxylic acids is 1. The molecule has 98 valence electrons. The molecule has 2 aromatic carbocycles. The molecule has 2 aromatic rings. The second-order valence-corrected chi connectivity index (χ2v) is 5.76. The third-order valence-electron chi connectivity index (χ3n) is 2.96. The number of hydrogen-bond acceptors (Lipinski definition) is 2. The molecule has 0 amide bonds. The highest BCUT2D eigenvalue weighted by molar-refractivity contribution is 7.99. The van der Waals surface area contributed by atoms with Crippen LogP contribution < -0.4 is 0 Å². The molecule has 0 saturated carbocycles. The molecule has 0 radical (unpaired) electrons. The number of rotatable bonds is 5. The summed E-state index contributed by atoms with van der Waals surface area (Å²) in [4.78, 5) is 12.0. The molecular formula is C17H18OS. The van der Waals surface area contributed by atoms with Crippen molar-refractivity contribution in [2.24, 2.45) is 0 Å². The number of benzene rings is 2. The van der Waals surface area contributed by atoms with E-state index in [0.29, 0.717) is 5.75 Å². The van der Waals surface area contributed by atoms with E-state index in [1.807, 2.05) is 31.2 Å². The van der Waals surface area contributed by atoms with Gasteiger partial charge in [-0.05, 0) is 19.4 Å². The third-order valence-corrected chi connectivity index (χ3v) is 3.96. The number of hydrogen-bond donors (Lipinski definition) is 0. The van der Waals surface area contributed by atoms with Crippen LogP contribution in [0.2, 0.25) is 0 Å². The van der Waals surface area contributed by atoms with Crippen LogP contribution in [-0.4, -0.2) is 11.5 Å². The van der Waals surface area contributed by atoms with Gasteiger partial charge in [-0.3, -0.25) is 4.79 Å². The first-order chi connectivity index (χ1) is 9.15. The molecule has 2 rings (SSSR count). The van der Waals surface area contributed by atoms with Crippen LogP contribution in [0.4, 0.5) is 0 Å². The molecule has 0 saturated heterocycles. The fourth-order valence-corrected chi connectivity index (χ4v) is 2.76. The molecule has 0 unspecified atom stereocenters. The second kappa shape index (κ2) is 6.58. The predicted molar refractivity (Wildman–Crippen MR) is 82.9 cm³/mol. The van der Waals surface area contributed by atoms with E-state index in [2.05, 4.69) is 31.2 Å². The summed E-state index contributed by atoms with van der Waals surface area (Å²) in [5.74, 6) is 1.63. The Labute approximate surface area is 119 Å². The third kappa shape index (κ3) is 4.25. The van der Waals surface area contributed by atoms with Crippen LogP contribution >= 0.6 is 11.8 Å². The Balaban J connectivity index is 1.86. The standard InChI is InChI=1S/C17H18OS/c1-13-6-8-16(9-7-13)17(18)12-19-11-15-5-3-4-14(2)10-15/h3-10H,11-12H2,1-2H3. The van der Waals surface area contributed by atoms with Crippen LogP contribution in [0.5, 0.6) is 0 Å². The zero-order valence-corrected chi connectivity index (χ0v) is 12.2. The monoisotopic (exact) mass is 270 g/mol. The molecule has 0 atom stereocenters. The SMILES string of the molecule is Cc1ccc(C(=O)CSCc2cccc(C)c2)cc1.